The third kappa shape index (κ3) is 3.95. The summed E-state index contributed by atoms with van der Waals surface area (Å²) in [5, 5.41) is 8.64. The van der Waals surface area contributed by atoms with E-state index in [0.29, 0.717) is 4.91 Å². The Morgan fingerprint density at radius 2 is 1.96 bits per heavy atom. The van der Waals surface area contributed by atoms with Crippen molar-refractivity contribution in [3.63, 3.8) is 0 Å². The Morgan fingerprint density at radius 1 is 1.28 bits per heavy atom. The van der Waals surface area contributed by atoms with Gasteiger partial charge in [-0.15, -0.1) is 0 Å². The van der Waals surface area contributed by atoms with Gasteiger partial charge in [-0.05, 0) is 43.2 Å². The standard InChI is InChI=1S/C18H18N2O3S2/c1-13(23-22)20-17(21)16(25-18(20)24)6-4-5-14-7-9-15(10-8-14)19-11-2-3-12-19/h4-10,22H,1-3,11-12H2/b5-4+,16-6-. The van der Waals surface area contributed by atoms with Crippen LogP contribution in [0.2, 0.25) is 0 Å². The molecule has 1 N–H and O–H groups in total. The van der Waals surface area contributed by atoms with Crippen molar-refractivity contribution in [1.82, 2.24) is 4.90 Å². The van der Waals surface area contributed by atoms with E-state index in [9.17, 15) is 4.79 Å². The highest BCUT2D eigenvalue weighted by molar-refractivity contribution is 8.26. The van der Waals surface area contributed by atoms with Gasteiger partial charge < -0.3 is 9.79 Å². The highest BCUT2D eigenvalue weighted by Gasteiger charge is 2.34. The summed E-state index contributed by atoms with van der Waals surface area (Å²) in [6, 6.07) is 8.36. The number of rotatable bonds is 5. The second-order valence-corrected chi connectivity index (χ2v) is 7.35. The first-order valence-electron chi connectivity index (χ1n) is 7.90. The maximum Gasteiger partial charge on any atom is 0.273 e. The first kappa shape index (κ1) is 17.7. The van der Waals surface area contributed by atoms with Crippen LogP contribution in [-0.4, -0.2) is 33.5 Å². The minimum absolute atomic E-state index is 0.201. The van der Waals surface area contributed by atoms with E-state index in [1.54, 1.807) is 12.2 Å². The largest absolute Gasteiger partial charge is 0.372 e. The number of allylic oxidation sites excluding steroid dienone is 2. The summed E-state index contributed by atoms with van der Waals surface area (Å²) in [7, 11) is 0. The number of benzene rings is 1. The molecule has 5 nitrogen and oxygen atoms in total. The maximum absolute atomic E-state index is 12.2. The van der Waals surface area contributed by atoms with Crippen LogP contribution in [0.5, 0.6) is 0 Å². The molecule has 2 saturated heterocycles. The van der Waals surface area contributed by atoms with Crippen molar-refractivity contribution >= 4 is 46.0 Å². The van der Waals surface area contributed by atoms with Crippen molar-refractivity contribution in [3.8, 4) is 0 Å². The lowest BCUT2D eigenvalue weighted by atomic mass is 10.2. The number of carbonyl (C=O) groups excluding carboxylic acids is 1. The van der Waals surface area contributed by atoms with E-state index < -0.39 is 0 Å². The molecule has 2 aliphatic rings. The Hall–Kier alpha value is -2.09. The molecule has 25 heavy (non-hydrogen) atoms. The molecule has 3 rings (SSSR count). The van der Waals surface area contributed by atoms with Crippen molar-refractivity contribution in [2.45, 2.75) is 12.8 Å². The predicted octanol–water partition coefficient (Wildman–Crippen LogP) is 4.01. The lowest BCUT2D eigenvalue weighted by molar-refractivity contribution is -0.217. The third-order valence-electron chi connectivity index (χ3n) is 4.05. The monoisotopic (exact) mass is 374 g/mol. The van der Waals surface area contributed by atoms with Gasteiger partial charge in [0.1, 0.15) is 0 Å². The smallest absolute Gasteiger partial charge is 0.273 e. The Labute approximate surface area is 156 Å². The zero-order valence-electron chi connectivity index (χ0n) is 13.6. The Bertz CT molecular complexity index is 750. The normalized spacial score (nSPS) is 19.5. The van der Waals surface area contributed by atoms with Crippen molar-refractivity contribution in [3.05, 3.63) is 59.3 Å². The summed E-state index contributed by atoms with van der Waals surface area (Å²) in [5.41, 5.74) is 2.30. The van der Waals surface area contributed by atoms with Crippen LogP contribution in [0.3, 0.4) is 0 Å². The minimum Gasteiger partial charge on any atom is -0.372 e. The lowest BCUT2D eigenvalue weighted by Gasteiger charge is -2.17. The molecule has 130 valence electrons. The zero-order valence-corrected chi connectivity index (χ0v) is 15.2. The first-order chi connectivity index (χ1) is 12.1. The molecule has 2 fully saturated rings. The van der Waals surface area contributed by atoms with Crippen LogP contribution in [0.25, 0.3) is 6.08 Å². The van der Waals surface area contributed by atoms with E-state index in [1.807, 2.05) is 6.08 Å². The van der Waals surface area contributed by atoms with Crippen LogP contribution in [0, 0.1) is 0 Å². The molecule has 1 aromatic carbocycles. The number of nitrogens with zero attached hydrogens (tertiary/aromatic N) is 2. The number of thiocarbonyl (C=S) groups is 1. The Kier molecular flexibility index (Phi) is 5.57. The highest BCUT2D eigenvalue weighted by atomic mass is 32.2. The van der Waals surface area contributed by atoms with Crippen LogP contribution < -0.4 is 4.90 Å². The average molecular weight is 374 g/mol. The summed E-state index contributed by atoms with van der Waals surface area (Å²) in [6.45, 7) is 5.69. The molecule has 0 atom stereocenters. The fourth-order valence-corrected chi connectivity index (χ4v) is 4.00. The number of carbonyl (C=O) groups is 1. The van der Waals surface area contributed by atoms with Crippen LogP contribution in [-0.2, 0) is 9.68 Å². The fourth-order valence-electron chi connectivity index (χ4n) is 2.76. The van der Waals surface area contributed by atoms with Gasteiger partial charge in [-0.2, -0.15) is 0 Å². The van der Waals surface area contributed by atoms with Crippen molar-refractivity contribution < 1.29 is 14.9 Å². The van der Waals surface area contributed by atoms with Crippen molar-refractivity contribution in [1.29, 1.82) is 0 Å². The van der Waals surface area contributed by atoms with E-state index in [-0.39, 0.29) is 16.1 Å². The fraction of sp³-hybridized carbons (Fsp3) is 0.222. The summed E-state index contributed by atoms with van der Waals surface area (Å²) < 4.78 is 0.277. The highest BCUT2D eigenvalue weighted by Crippen LogP contribution is 2.33. The molecule has 0 spiro atoms. The predicted molar refractivity (Wildman–Crippen MR) is 105 cm³/mol. The molecule has 1 amide bonds. The molecule has 0 bridgehead atoms. The van der Waals surface area contributed by atoms with Gasteiger partial charge in [0, 0.05) is 18.8 Å². The second kappa shape index (κ2) is 7.86. The van der Waals surface area contributed by atoms with Gasteiger partial charge in [0.15, 0.2) is 4.32 Å². The van der Waals surface area contributed by atoms with Crippen molar-refractivity contribution in [2.75, 3.05) is 18.0 Å². The Balaban J connectivity index is 1.66. The van der Waals surface area contributed by atoms with E-state index in [2.05, 4.69) is 40.6 Å². The summed E-state index contributed by atoms with van der Waals surface area (Å²) in [6.07, 6.45) is 7.94. The molecule has 0 unspecified atom stereocenters. The first-order valence-corrected chi connectivity index (χ1v) is 9.12. The summed E-state index contributed by atoms with van der Waals surface area (Å²) >= 11 is 6.23. The molecule has 7 heteroatoms. The quantitative estimate of drug-likeness (QED) is 0.276. The van der Waals surface area contributed by atoms with E-state index in [0.717, 1.165) is 35.3 Å². The molecule has 0 radical (unpaired) electrons. The van der Waals surface area contributed by atoms with Gasteiger partial charge in [-0.25, -0.2) is 10.2 Å². The van der Waals surface area contributed by atoms with Gasteiger partial charge in [0.2, 0.25) is 5.88 Å². The van der Waals surface area contributed by atoms with Gasteiger partial charge in [-0.3, -0.25) is 4.79 Å². The number of amides is 1. The topological polar surface area (TPSA) is 53.0 Å². The van der Waals surface area contributed by atoms with E-state index in [4.69, 9.17) is 17.5 Å². The summed E-state index contributed by atoms with van der Waals surface area (Å²) in [5.74, 6) is -0.560. The zero-order chi connectivity index (χ0) is 17.8. The molecular weight excluding hydrogens is 356 g/mol. The van der Waals surface area contributed by atoms with E-state index in [1.165, 1.54) is 18.5 Å². The molecule has 1 aromatic rings. The Morgan fingerprint density at radius 3 is 2.60 bits per heavy atom. The van der Waals surface area contributed by atoms with Crippen LogP contribution >= 0.6 is 24.0 Å². The van der Waals surface area contributed by atoms with Crippen molar-refractivity contribution in [2.24, 2.45) is 0 Å². The van der Waals surface area contributed by atoms with Gasteiger partial charge >= 0.3 is 0 Å². The average Bonchev–Trinajstić information content (AvgIpc) is 3.24. The molecule has 2 heterocycles. The SMILES string of the molecule is C=C(OO)N1C(=O)/C(=C/C=C/c2ccc(N3CCCC3)cc2)SC1=S. The summed E-state index contributed by atoms with van der Waals surface area (Å²) in [4.78, 5) is 20.1. The molecule has 0 saturated carbocycles. The number of hydrogen-bond acceptors (Lipinski definition) is 6. The van der Waals surface area contributed by atoms with Gasteiger partial charge in [-0.1, -0.05) is 48.3 Å². The molecule has 0 aliphatic carbocycles. The number of thioether (sulfide) groups is 1. The second-order valence-electron chi connectivity index (χ2n) is 5.67. The van der Waals surface area contributed by atoms with E-state index >= 15 is 0 Å². The van der Waals surface area contributed by atoms with Gasteiger partial charge in [0.05, 0.1) is 4.91 Å². The molecular formula is C18H18N2O3S2. The maximum atomic E-state index is 12.2. The van der Waals surface area contributed by atoms with Crippen LogP contribution in [0.4, 0.5) is 5.69 Å². The molecule has 0 aromatic heterocycles. The number of hydrogen-bond donors (Lipinski definition) is 1. The van der Waals surface area contributed by atoms with Crippen LogP contribution in [0.1, 0.15) is 18.4 Å². The third-order valence-corrected chi connectivity index (χ3v) is 5.37. The number of anilines is 1. The minimum atomic E-state index is -0.358. The lowest BCUT2D eigenvalue weighted by Crippen LogP contribution is -2.27. The van der Waals surface area contributed by atoms with Gasteiger partial charge in [0.25, 0.3) is 5.91 Å². The molecule has 2 aliphatic heterocycles. The van der Waals surface area contributed by atoms with Crippen LogP contribution in [0.15, 0.2) is 53.8 Å².